The molecule has 68 valence electrons. The molecular formula is C9H8O4. The molecule has 1 aromatic carbocycles. The van der Waals surface area contributed by atoms with Crippen molar-refractivity contribution < 1.29 is 19.7 Å². The predicted molar refractivity (Wildman–Crippen MR) is 42.7 cm³/mol. The van der Waals surface area contributed by atoms with Gasteiger partial charge in [-0.3, -0.25) is 0 Å². The summed E-state index contributed by atoms with van der Waals surface area (Å²) in [4.78, 5) is 11.2. The lowest BCUT2D eigenvalue weighted by molar-refractivity contribution is -0.309. The van der Waals surface area contributed by atoms with Crippen molar-refractivity contribution in [3.05, 3.63) is 35.4 Å². The summed E-state index contributed by atoms with van der Waals surface area (Å²) >= 11 is 0. The Morgan fingerprint density at radius 1 is 1.31 bits per heavy atom. The second kappa shape index (κ2) is 2.55. The van der Waals surface area contributed by atoms with Gasteiger partial charge in [0.25, 0.3) is 0 Å². The van der Waals surface area contributed by atoms with Gasteiger partial charge in [0, 0.05) is 0 Å². The summed E-state index contributed by atoms with van der Waals surface area (Å²) in [7, 11) is 0. The van der Waals surface area contributed by atoms with Crippen LogP contribution in [0.3, 0.4) is 0 Å². The SMILES string of the molecule is O=C1OC(O)(O)Cc2ccccc21. The number of esters is 1. The molecule has 1 aliphatic rings. The molecule has 0 saturated heterocycles. The predicted octanol–water partition coefficient (Wildman–Crippen LogP) is 0.0379. The van der Waals surface area contributed by atoms with Gasteiger partial charge in [0.15, 0.2) is 0 Å². The lowest BCUT2D eigenvalue weighted by atomic mass is 10.0. The van der Waals surface area contributed by atoms with Gasteiger partial charge in [-0.25, -0.2) is 4.79 Å². The molecule has 4 nitrogen and oxygen atoms in total. The number of carbonyl (C=O) groups excluding carboxylic acids is 1. The van der Waals surface area contributed by atoms with Gasteiger partial charge in [-0.1, -0.05) is 18.2 Å². The van der Waals surface area contributed by atoms with Gasteiger partial charge >= 0.3 is 11.9 Å². The van der Waals surface area contributed by atoms with Crippen LogP contribution in [0.1, 0.15) is 15.9 Å². The molecule has 0 saturated carbocycles. The zero-order valence-corrected chi connectivity index (χ0v) is 6.73. The van der Waals surface area contributed by atoms with Crippen LogP contribution in [-0.2, 0) is 11.2 Å². The smallest absolute Gasteiger partial charge is 0.342 e. The van der Waals surface area contributed by atoms with E-state index in [2.05, 4.69) is 4.74 Å². The lowest BCUT2D eigenvalue weighted by Crippen LogP contribution is -2.41. The van der Waals surface area contributed by atoms with Crippen molar-refractivity contribution >= 4 is 5.97 Å². The summed E-state index contributed by atoms with van der Waals surface area (Å²) in [5, 5.41) is 18.2. The van der Waals surface area contributed by atoms with Gasteiger partial charge in [-0.15, -0.1) is 0 Å². The second-order valence-corrected chi connectivity index (χ2v) is 2.97. The maximum Gasteiger partial charge on any atom is 0.342 e. The molecule has 13 heavy (non-hydrogen) atoms. The maximum absolute atomic E-state index is 11.2. The van der Waals surface area contributed by atoms with E-state index >= 15 is 0 Å². The molecule has 0 fully saturated rings. The Morgan fingerprint density at radius 3 is 2.77 bits per heavy atom. The highest BCUT2D eigenvalue weighted by molar-refractivity contribution is 5.92. The summed E-state index contributed by atoms with van der Waals surface area (Å²) in [6.07, 6.45) is -0.0884. The molecule has 4 heteroatoms. The van der Waals surface area contributed by atoms with Crippen LogP contribution in [0.4, 0.5) is 0 Å². The summed E-state index contributed by atoms with van der Waals surface area (Å²) in [6, 6.07) is 6.68. The monoisotopic (exact) mass is 180 g/mol. The minimum Gasteiger partial charge on any atom is -0.404 e. The summed E-state index contributed by atoms with van der Waals surface area (Å²) < 4.78 is 4.37. The number of benzene rings is 1. The van der Waals surface area contributed by atoms with Crippen molar-refractivity contribution in [3.63, 3.8) is 0 Å². The van der Waals surface area contributed by atoms with Gasteiger partial charge < -0.3 is 14.9 Å². The average Bonchev–Trinajstić information content (AvgIpc) is 2.02. The van der Waals surface area contributed by atoms with E-state index in [0.29, 0.717) is 11.1 Å². The van der Waals surface area contributed by atoms with Crippen LogP contribution in [0.15, 0.2) is 24.3 Å². The Labute approximate surface area is 74.4 Å². The number of ether oxygens (including phenoxy) is 1. The average molecular weight is 180 g/mol. The third kappa shape index (κ3) is 1.41. The van der Waals surface area contributed by atoms with Crippen LogP contribution < -0.4 is 0 Å². The largest absolute Gasteiger partial charge is 0.404 e. The zero-order chi connectivity index (χ0) is 9.47. The first-order valence-corrected chi connectivity index (χ1v) is 3.84. The van der Waals surface area contributed by atoms with E-state index in [0.717, 1.165) is 0 Å². The van der Waals surface area contributed by atoms with E-state index in [1.807, 2.05) is 0 Å². The van der Waals surface area contributed by atoms with Crippen molar-refractivity contribution in [3.8, 4) is 0 Å². The van der Waals surface area contributed by atoms with Gasteiger partial charge in [0.05, 0.1) is 12.0 Å². The van der Waals surface area contributed by atoms with E-state index in [9.17, 15) is 4.79 Å². The first-order valence-electron chi connectivity index (χ1n) is 3.84. The highest BCUT2D eigenvalue weighted by Gasteiger charge is 2.36. The molecule has 0 unspecified atom stereocenters. The first kappa shape index (κ1) is 8.22. The molecule has 0 atom stereocenters. The fourth-order valence-corrected chi connectivity index (χ4v) is 1.36. The molecule has 1 aliphatic heterocycles. The van der Waals surface area contributed by atoms with Crippen LogP contribution in [0.2, 0.25) is 0 Å². The Bertz CT molecular complexity index is 356. The van der Waals surface area contributed by atoms with Crippen LogP contribution in [0, 0.1) is 0 Å². The third-order valence-corrected chi connectivity index (χ3v) is 1.91. The quantitative estimate of drug-likeness (QED) is 0.437. The normalized spacial score (nSPS) is 19.1. The number of aliphatic hydroxyl groups is 2. The molecule has 1 aromatic rings. The van der Waals surface area contributed by atoms with Crippen molar-refractivity contribution in [2.45, 2.75) is 12.4 Å². The Hall–Kier alpha value is -1.39. The molecular weight excluding hydrogens is 172 g/mol. The number of hydrogen-bond donors (Lipinski definition) is 2. The highest BCUT2D eigenvalue weighted by Crippen LogP contribution is 2.23. The maximum atomic E-state index is 11.2. The fraction of sp³-hybridized carbons (Fsp3) is 0.222. The van der Waals surface area contributed by atoms with E-state index in [-0.39, 0.29) is 6.42 Å². The summed E-state index contributed by atoms with van der Waals surface area (Å²) in [5.41, 5.74) is 0.977. The number of cyclic esters (lactones) is 1. The van der Waals surface area contributed by atoms with Gasteiger partial charge in [0.1, 0.15) is 0 Å². The molecule has 0 aliphatic carbocycles. The number of hydrogen-bond acceptors (Lipinski definition) is 4. The van der Waals surface area contributed by atoms with Gasteiger partial charge in [0.2, 0.25) is 0 Å². The topological polar surface area (TPSA) is 66.8 Å². The summed E-state index contributed by atoms with van der Waals surface area (Å²) in [6.45, 7) is 0. The van der Waals surface area contributed by atoms with E-state index in [1.54, 1.807) is 24.3 Å². The van der Waals surface area contributed by atoms with Gasteiger partial charge in [-0.05, 0) is 11.6 Å². The van der Waals surface area contributed by atoms with Crippen LogP contribution in [0.5, 0.6) is 0 Å². The minimum absolute atomic E-state index is 0.0884. The minimum atomic E-state index is -2.36. The first-order chi connectivity index (χ1) is 6.08. The number of carbonyl (C=O) groups is 1. The van der Waals surface area contributed by atoms with Crippen LogP contribution in [0.25, 0.3) is 0 Å². The van der Waals surface area contributed by atoms with Crippen molar-refractivity contribution in [2.75, 3.05) is 0 Å². The molecule has 1 heterocycles. The highest BCUT2D eigenvalue weighted by atomic mass is 16.8. The molecule has 0 bridgehead atoms. The Kier molecular flexibility index (Phi) is 1.61. The second-order valence-electron chi connectivity index (χ2n) is 2.97. The standard InChI is InChI=1S/C9H8O4/c10-8-7-4-2-1-3-6(7)5-9(11,12)13-8/h1-4,11-12H,5H2. The van der Waals surface area contributed by atoms with Crippen LogP contribution in [-0.4, -0.2) is 22.2 Å². The molecule has 2 N–H and O–H groups in total. The molecule has 0 amide bonds. The number of fused-ring (bicyclic) bond motifs is 1. The van der Waals surface area contributed by atoms with Crippen molar-refractivity contribution in [1.29, 1.82) is 0 Å². The lowest BCUT2D eigenvalue weighted by Gasteiger charge is -2.27. The molecule has 0 radical (unpaired) electrons. The van der Waals surface area contributed by atoms with Crippen LogP contribution >= 0.6 is 0 Å². The molecule has 0 aromatic heterocycles. The van der Waals surface area contributed by atoms with E-state index in [1.165, 1.54) is 0 Å². The van der Waals surface area contributed by atoms with Crippen molar-refractivity contribution in [1.82, 2.24) is 0 Å². The van der Waals surface area contributed by atoms with Gasteiger partial charge in [-0.2, -0.15) is 0 Å². The zero-order valence-electron chi connectivity index (χ0n) is 6.73. The Morgan fingerprint density at radius 2 is 2.00 bits per heavy atom. The number of rotatable bonds is 0. The third-order valence-electron chi connectivity index (χ3n) is 1.91. The van der Waals surface area contributed by atoms with E-state index in [4.69, 9.17) is 10.2 Å². The molecule has 0 spiro atoms. The fourth-order valence-electron chi connectivity index (χ4n) is 1.36. The van der Waals surface area contributed by atoms with E-state index < -0.39 is 11.9 Å². The molecule has 2 rings (SSSR count). The Balaban J connectivity index is 2.49. The summed E-state index contributed by atoms with van der Waals surface area (Å²) in [5.74, 6) is -3.06. The van der Waals surface area contributed by atoms with Crippen molar-refractivity contribution in [2.24, 2.45) is 0 Å².